The van der Waals surface area contributed by atoms with Crippen LogP contribution < -0.4 is 5.73 Å². The van der Waals surface area contributed by atoms with E-state index in [1.165, 1.54) is 19.3 Å². The Hall–Kier alpha value is 0.110. The van der Waals surface area contributed by atoms with E-state index in [1.807, 2.05) is 6.92 Å². The van der Waals surface area contributed by atoms with E-state index in [-0.39, 0.29) is 6.04 Å². The van der Waals surface area contributed by atoms with Crippen molar-refractivity contribution >= 4 is 10.8 Å². The Balaban J connectivity index is 3.30. The normalized spacial score (nSPS) is 15.6. The van der Waals surface area contributed by atoms with E-state index in [4.69, 9.17) is 5.73 Å². The maximum absolute atomic E-state index is 11.4. The summed E-state index contributed by atoms with van der Waals surface area (Å²) in [5.41, 5.74) is 5.71. The molecular weight excluding hydrogens is 182 g/mol. The Morgan fingerprint density at radius 2 is 1.92 bits per heavy atom. The molecule has 0 heterocycles. The summed E-state index contributed by atoms with van der Waals surface area (Å²) in [7, 11) is -0.678. The van der Waals surface area contributed by atoms with Crippen LogP contribution in [0, 0.1) is 0 Å². The molecule has 0 aromatic carbocycles. The molecule has 0 aliphatic rings. The van der Waals surface area contributed by atoms with Gasteiger partial charge < -0.3 is 5.73 Å². The van der Waals surface area contributed by atoms with Gasteiger partial charge in [0.25, 0.3) is 0 Å². The zero-order valence-corrected chi connectivity index (χ0v) is 9.74. The molecule has 13 heavy (non-hydrogen) atoms. The summed E-state index contributed by atoms with van der Waals surface area (Å²) in [6.07, 6.45) is 5.74. The van der Waals surface area contributed by atoms with Gasteiger partial charge in [-0.15, -0.1) is 0 Å². The van der Waals surface area contributed by atoms with Gasteiger partial charge >= 0.3 is 0 Å². The lowest BCUT2D eigenvalue weighted by atomic mass is 10.2. The fraction of sp³-hybridized carbons (Fsp3) is 1.00. The van der Waals surface area contributed by atoms with Gasteiger partial charge in [0, 0.05) is 28.3 Å². The van der Waals surface area contributed by atoms with E-state index < -0.39 is 10.8 Å². The predicted molar refractivity (Wildman–Crippen MR) is 60.3 cm³/mol. The molecule has 0 spiro atoms. The van der Waals surface area contributed by atoms with Gasteiger partial charge in [-0.3, -0.25) is 4.21 Å². The highest BCUT2D eigenvalue weighted by Crippen LogP contribution is 2.01. The van der Waals surface area contributed by atoms with Crippen molar-refractivity contribution in [2.24, 2.45) is 5.73 Å². The van der Waals surface area contributed by atoms with Crippen molar-refractivity contribution in [3.05, 3.63) is 0 Å². The lowest BCUT2D eigenvalue weighted by Crippen LogP contribution is -2.26. The highest BCUT2D eigenvalue weighted by atomic mass is 32.2. The monoisotopic (exact) mass is 205 g/mol. The van der Waals surface area contributed by atoms with E-state index in [2.05, 4.69) is 6.92 Å². The second-order valence-electron chi connectivity index (χ2n) is 3.54. The summed E-state index contributed by atoms with van der Waals surface area (Å²) in [6, 6.07) is 0.131. The van der Waals surface area contributed by atoms with Crippen LogP contribution in [0.1, 0.15) is 46.0 Å². The number of hydrogen-bond acceptors (Lipinski definition) is 2. The van der Waals surface area contributed by atoms with Crippen LogP contribution in [0.2, 0.25) is 0 Å². The summed E-state index contributed by atoms with van der Waals surface area (Å²) in [4.78, 5) is 0. The predicted octanol–water partition coefficient (Wildman–Crippen LogP) is 2.05. The second kappa shape index (κ2) is 8.70. The zero-order chi connectivity index (χ0) is 10.1. The molecule has 0 aliphatic heterocycles. The minimum atomic E-state index is -0.678. The third kappa shape index (κ3) is 8.44. The van der Waals surface area contributed by atoms with Crippen molar-refractivity contribution in [3.63, 3.8) is 0 Å². The lowest BCUT2D eigenvalue weighted by Gasteiger charge is -2.07. The maximum atomic E-state index is 11.4. The van der Waals surface area contributed by atoms with Gasteiger partial charge in [0.15, 0.2) is 0 Å². The molecule has 2 atom stereocenters. The molecule has 80 valence electrons. The third-order valence-electron chi connectivity index (χ3n) is 2.15. The van der Waals surface area contributed by atoms with Crippen LogP contribution in [0.3, 0.4) is 0 Å². The van der Waals surface area contributed by atoms with Crippen molar-refractivity contribution in [3.8, 4) is 0 Å². The third-order valence-corrected chi connectivity index (χ3v) is 3.69. The highest BCUT2D eigenvalue weighted by Gasteiger charge is 2.05. The van der Waals surface area contributed by atoms with Gasteiger partial charge in [0.2, 0.25) is 0 Å². The van der Waals surface area contributed by atoms with Crippen molar-refractivity contribution < 1.29 is 4.21 Å². The van der Waals surface area contributed by atoms with Crippen LogP contribution in [0.4, 0.5) is 0 Å². The molecule has 2 nitrogen and oxygen atoms in total. The first-order chi connectivity index (χ1) is 6.20. The zero-order valence-electron chi connectivity index (χ0n) is 8.92. The molecule has 3 heteroatoms. The summed E-state index contributed by atoms with van der Waals surface area (Å²) >= 11 is 0. The molecule has 0 aromatic heterocycles. The van der Waals surface area contributed by atoms with Crippen molar-refractivity contribution in [1.29, 1.82) is 0 Å². The molecule has 2 unspecified atom stereocenters. The van der Waals surface area contributed by atoms with E-state index in [0.29, 0.717) is 5.75 Å². The van der Waals surface area contributed by atoms with Gasteiger partial charge in [0.1, 0.15) is 0 Å². The molecule has 0 radical (unpaired) electrons. The minimum absolute atomic E-state index is 0.131. The van der Waals surface area contributed by atoms with Crippen LogP contribution >= 0.6 is 0 Å². The smallest absolute Gasteiger partial charge is 0.0386 e. The SMILES string of the molecule is CCCCCCS(=O)CC(N)CC. The molecule has 0 aromatic rings. The average molecular weight is 205 g/mol. The van der Waals surface area contributed by atoms with Gasteiger partial charge in [-0.25, -0.2) is 0 Å². The van der Waals surface area contributed by atoms with E-state index in [0.717, 1.165) is 18.6 Å². The summed E-state index contributed by atoms with van der Waals surface area (Å²) in [5, 5.41) is 0. The Morgan fingerprint density at radius 1 is 1.23 bits per heavy atom. The fourth-order valence-corrected chi connectivity index (χ4v) is 2.54. The van der Waals surface area contributed by atoms with E-state index in [9.17, 15) is 4.21 Å². The second-order valence-corrected chi connectivity index (χ2v) is 5.16. The Morgan fingerprint density at radius 3 is 2.46 bits per heavy atom. The molecule has 0 bridgehead atoms. The van der Waals surface area contributed by atoms with Gasteiger partial charge in [-0.2, -0.15) is 0 Å². The Bertz CT molecular complexity index is 139. The largest absolute Gasteiger partial charge is 0.327 e. The maximum Gasteiger partial charge on any atom is 0.0386 e. The molecule has 0 saturated heterocycles. The number of hydrogen-bond donors (Lipinski definition) is 1. The lowest BCUT2D eigenvalue weighted by molar-refractivity contribution is 0.653. The van der Waals surface area contributed by atoms with Gasteiger partial charge in [-0.05, 0) is 12.8 Å². The first-order valence-electron chi connectivity index (χ1n) is 5.31. The first-order valence-corrected chi connectivity index (χ1v) is 6.80. The van der Waals surface area contributed by atoms with Crippen LogP contribution in [0.15, 0.2) is 0 Å². The first kappa shape index (κ1) is 13.1. The molecule has 0 fully saturated rings. The summed E-state index contributed by atoms with van der Waals surface area (Å²) < 4.78 is 11.4. The van der Waals surface area contributed by atoms with Crippen LogP contribution in [-0.4, -0.2) is 21.8 Å². The molecule has 0 aliphatic carbocycles. The quantitative estimate of drug-likeness (QED) is 0.616. The van der Waals surface area contributed by atoms with Crippen molar-refractivity contribution in [2.75, 3.05) is 11.5 Å². The molecular formula is C10H23NOS. The summed E-state index contributed by atoms with van der Waals surface area (Å²) in [5.74, 6) is 1.52. The highest BCUT2D eigenvalue weighted by molar-refractivity contribution is 7.85. The molecule has 0 rings (SSSR count). The van der Waals surface area contributed by atoms with Crippen LogP contribution in [0.25, 0.3) is 0 Å². The van der Waals surface area contributed by atoms with Crippen molar-refractivity contribution in [1.82, 2.24) is 0 Å². The standard InChI is InChI=1S/C10H23NOS/c1-3-5-6-7-8-13(12)9-10(11)4-2/h10H,3-9,11H2,1-2H3. The Labute approximate surface area is 84.7 Å². The molecule has 0 amide bonds. The molecule has 2 N–H and O–H groups in total. The Kier molecular flexibility index (Phi) is 8.77. The van der Waals surface area contributed by atoms with E-state index in [1.54, 1.807) is 0 Å². The number of rotatable bonds is 8. The van der Waals surface area contributed by atoms with Gasteiger partial charge in [0.05, 0.1) is 0 Å². The van der Waals surface area contributed by atoms with Crippen molar-refractivity contribution in [2.45, 2.75) is 52.0 Å². The van der Waals surface area contributed by atoms with Crippen LogP contribution in [0.5, 0.6) is 0 Å². The van der Waals surface area contributed by atoms with Gasteiger partial charge in [-0.1, -0.05) is 33.1 Å². The average Bonchev–Trinajstić information content (AvgIpc) is 2.12. The summed E-state index contributed by atoms with van der Waals surface area (Å²) in [6.45, 7) is 4.23. The number of unbranched alkanes of at least 4 members (excludes halogenated alkanes) is 3. The minimum Gasteiger partial charge on any atom is -0.327 e. The van der Waals surface area contributed by atoms with Crippen LogP contribution in [-0.2, 0) is 10.8 Å². The topological polar surface area (TPSA) is 43.1 Å². The number of nitrogens with two attached hydrogens (primary N) is 1. The molecule has 0 saturated carbocycles. The fourth-order valence-electron chi connectivity index (χ4n) is 1.13. The van der Waals surface area contributed by atoms with E-state index >= 15 is 0 Å².